The summed E-state index contributed by atoms with van der Waals surface area (Å²) in [7, 11) is -3.60. The summed E-state index contributed by atoms with van der Waals surface area (Å²) in [5, 5.41) is 2.68. The quantitative estimate of drug-likeness (QED) is 0.739. The van der Waals surface area contributed by atoms with E-state index in [1.54, 1.807) is 42.5 Å². The van der Waals surface area contributed by atoms with Gasteiger partial charge in [-0.15, -0.1) is 0 Å². The maximum absolute atomic E-state index is 12.2. The molecule has 8 heteroatoms. The maximum Gasteiger partial charge on any atom is 0.245 e. The zero-order chi connectivity index (χ0) is 17.0. The molecule has 2 aromatic carbocycles. The number of nitrogens with zero attached hydrogens (tertiary/aromatic N) is 1. The summed E-state index contributed by atoms with van der Waals surface area (Å²) in [6.45, 7) is -0.312. The summed E-state index contributed by atoms with van der Waals surface area (Å²) in [6.07, 6.45) is 1.07. The molecule has 2 rings (SSSR count). The summed E-state index contributed by atoms with van der Waals surface area (Å²) >= 11 is 6.63. The van der Waals surface area contributed by atoms with E-state index in [4.69, 9.17) is 0 Å². The van der Waals surface area contributed by atoms with Crippen molar-refractivity contribution < 1.29 is 13.2 Å². The standard InChI is InChI=1S/C15H14Br2N2O3S/c1-23(21,22)19(14-8-3-2-7-13(14)17)10-15(20)18-12-6-4-5-11(16)9-12/h2-9H,10H2,1H3,(H,18,20). The van der Waals surface area contributed by atoms with E-state index in [2.05, 4.69) is 37.2 Å². The molecule has 0 aromatic heterocycles. The number of nitrogens with one attached hydrogen (secondary N) is 1. The minimum Gasteiger partial charge on any atom is -0.324 e. The Labute approximate surface area is 152 Å². The Hall–Kier alpha value is -1.38. The van der Waals surface area contributed by atoms with Gasteiger partial charge in [-0.1, -0.05) is 34.1 Å². The number of carbonyl (C=O) groups is 1. The summed E-state index contributed by atoms with van der Waals surface area (Å²) in [5.74, 6) is -0.427. The number of benzene rings is 2. The fourth-order valence-corrected chi connectivity index (χ4v) is 3.82. The second-order valence-corrected chi connectivity index (χ2v) is 8.46. The number of hydrogen-bond acceptors (Lipinski definition) is 3. The molecule has 0 radical (unpaired) electrons. The molecule has 0 unspecified atom stereocenters. The molecule has 2 aromatic rings. The molecule has 0 bridgehead atoms. The number of halogens is 2. The Balaban J connectivity index is 2.22. The molecule has 0 spiro atoms. The fourth-order valence-electron chi connectivity index (χ4n) is 1.93. The van der Waals surface area contributed by atoms with Crippen LogP contribution < -0.4 is 9.62 Å². The molecule has 0 aliphatic heterocycles. The Morgan fingerprint density at radius 2 is 1.83 bits per heavy atom. The zero-order valence-corrected chi connectivity index (χ0v) is 16.2. The van der Waals surface area contributed by atoms with Crippen LogP contribution in [-0.2, 0) is 14.8 Å². The fraction of sp³-hybridized carbons (Fsp3) is 0.133. The predicted octanol–water partition coefficient (Wildman–Crippen LogP) is 3.62. The third kappa shape index (κ3) is 5.05. The molecular formula is C15H14Br2N2O3S. The van der Waals surface area contributed by atoms with Crippen LogP contribution in [0.4, 0.5) is 11.4 Å². The lowest BCUT2D eigenvalue weighted by molar-refractivity contribution is -0.114. The van der Waals surface area contributed by atoms with E-state index < -0.39 is 15.9 Å². The van der Waals surface area contributed by atoms with Gasteiger partial charge in [-0.2, -0.15) is 0 Å². The minimum atomic E-state index is -3.60. The zero-order valence-electron chi connectivity index (χ0n) is 12.2. The van der Waals surface area contributed by atoms with Crippen LogP contribution in [-0.4, -0.2) is 27.1 Å². The average molecular weight is 462 g/mol. The van der Waals surface area contributed by atoms with Gasteiger partial charge in [0.2, 0.25) is 15.9 Å². The van der Waals surface area contributed by atoms with Crippen molar-refractivity contribution in [3.8, 4) is 0 Å². The Bertz CT molecular complexity index is 825. The first-order chi connectivity index (χ1) is 10.8. The number of carbonyl (C=O) groups excluding carboxylic acids is 1. The predicted molar refractivity (Wildman–Crippen MR) is 99.1 cm³/mol. The van der Waals surface area contributed by atoms with Crippen molar-refractivity contribution in [1.29, 1.82) is 0 Å². The van der Waals surface area contributed by atoms with Crippen molar-refractivity contribution in [2.75, 3.05) is 22.4 Å². The number of hydrogen-bond donors (Lipinski definition) is 1. The second kappa shape index (κ2) is 7.46. The topological polar surface area (TPSA) is 66.5 Å². The third-order valence-corrected chi connectivity index (χ3v) is 5.21. The number of rotatable bonds is 5. The lowest BCUT2D eigenvalue weighted by Gasteiger charge is -2.23. The molecule has 0 fully saturated rings. The lowest BCUT2D eigenvalue weighted by atomic mass is 10.3. The molecule has 122 valence electrons. The number of anilines is 2. The Morgan fingerprint density at radius 1 is 1.13 bits per heavy atom. The smallest absolute Gasteiger partial charge is 0.245 e. The highest BCUT2D eigenvalue weighted by Crippen LogP contribution is 2.27. The van der Waals surface area contributed by atoms with E-state index in [1.165, 1.54) is 0 Å². The molecule has 23 heavy (non-hydrogen) atoms. The molecule has 0 atom stereocenters. The number of para-hydroxylation sites is 1. The first-order valence-electron chi connectivity index (χ1n) is 6.55. The molecule has 0 aliphatic carbocycles. The van der Waals surface area contributed by atoms with Gasteiger partial charge in [-0.3, -0.25) is 9.10 Å². The van der Waals surface area contributed by atoms with Crippen LogP contribution >= 0.6 is 31.9 Å². The molecule has 1 N–H and O–H groups in total. The van der Waals surface area contributed by atoms with E-state index in [0.29, 0.717) is 15.8 Å². The normalized spacial score (nSPS) is 11.1. The SMILES string of the molecule is CS(=O)(=O)N(CC(=O)Nc1cccc(Br)c1)c1ccccc1Br. The highest BCUT2D eigenvalue weighted by Gasteiger charge is 2.22. The number of amides is 1. The van der Waals surface area contributed by atoms with Gasteiger partial charge in [0.25, 0.3) is 0 Å². The van der Waals surface area contributed by atoms with Gasteiger partial charge in [0, 0.05) is 14.6 Å². The Kier molecular flexibility index (Phi) is 5.83. The van der Waals surface area contributed by atoms with Crippen molar-refractivity contribution in [2.45, 2.75) is 0 Å². The monoisotopic (exact) mass is 460 g/mol. The number of sulfonamides is 1. The Morgan fingerprint density at radius 3 is 2.43 bits per heavy atom. The van der Waals surface area contributed by atoms with E-state index in [-0.39, 0.29) is 6.54 Å². The van der Waals surface area contributed by atoms with E-state index in [1.807, 2.05) is 6.07 Å². The van der Waals surface area contributed by atoms with Gasteiger partial charge < -0.3 is 5.32 Å². The molecule has 1 amide bonds. The van der Waals surface area contributed by atoms with Crippen molar-refractivity contribution in [3.63, 3.8) is 0 Å². The van der Waals surface area contributed by atoms with Crippen LogP contribution in [0.2, 0.25) is 0 Å². The lowest BCUT2D eigenvalue weighted by Crippen LogP contribution is -2.37. The van der Waals surface area contributed by atoms with Gasteiger partial charge in [0.05, 0.1) is 11.9 Å². The van der Waals surface area contributed by atoms with E-state index in [9.17, 15) is 13.2 Å². The van der Waals surface area contributed by atoms with Gasteiger partial charge in [-0.25, -0.2) is 8.42 Å². The summed E-state index contributed by atoms with van der Waals surface area (Å²) < 4.78 is 26.6. The summed E-state index contributed by atoms with van der Waals surface area (Å²) in [5.41, 5.74) is 1.00. The summed E-state index contributed by atoms with van der Waals surface area (Å²) in [4.78, 5) is 12.2. The molecule has 5 nitrogen and oxygen atoms in total. The van der Waals surface area contributed by atoms with Crippen molar-refractivity contribution in [2.24, 2.45) is 0 Å². The molecule has 0 saturated heterocycles. The van der Waals surface area contributed by atoms with E-state index >= 15 is 0 Å². The molecule has 0 heterocycles. The first kappa shape index (κ1) is 18.0. The van der Waals surface area contributed by atoms with Crippen molar-refractivity contribution in [3.05, 3.63) is 57.5 Å². The van der Waals surface area contributed by atoms with Crippen LogP contribution in [0.25, 0.3) is 0 Å². The van der Waals surface area contributed by atoms with Crippen LogP contribution in [0.3, 0.4) is 0 Å². The van der Waals surface area contributed by atoms with Crippen molar-refractivity contribution in [1.82, 2.24) is 0 Å². The minimum absolute atomic E-state index is 0.312. The second-order valence-electron chi connectivity index (χ2n) is 4.78. The van der Waals surface area contributed by atoms with Gasteiger partial charge in [-0.05, 0) is 46.3 Å². The van der Waals surface area contributed by atoms with Crippen LogP contribution in [0.1, 0.15) is 0 Å². The van der Waals surface area contributed by atoms with E-state index in [0.717, 1.165) is 15.0 Å². The van der Waals surface area contributed by atoms with Crippen LogP contribution in [0.5, 0.6) is 0 Å². The summed E-state index contributed by atoms with van der Waals surface area (Å²) in [6, 6.07) is 13.9. The molecule has 0 aliphatic rings. The largest absolute Gasteiger partial charge is 0.324 e. The van der Waals surface area contributed by atoms with Crippen molar-refractivity contribution >= 4 is 59.2 Å². The third-order valence-electron chi connectivity index (χ3n) is 2.92. The molecule has 0 saturated carbocycles. The van der Waals surface area contributed by atoms with Crippen LogP contribution in [0, 0.1) is 0 Å². The highest BCUT2D eigenvalue weighted by atomic mass is 79.9. The van der Waals surface area contributed by atoms with Gasteiger partial charge in [0.15, 0.2) is 0 Å². The van der Waals surface area contributed by atoms with Gasteiger partial charge >= 0.3 is 0 Å². The first-order valence-corrected chi connectivity index (χ1v) is 9.98. The average Bonchev–Trinajstić information content (AvgIpc) is 2.44. The maximum atomic E-state index is 12.2. The highest BCUT2D eigenvalue weighted by molar-refractivity contribution is 9.10. The molecular weight excluding hydrogens is 448 g/mol. The van der Waals surface area contributed by atoms with Crippen LogP contribution in [0.15, 0.2) is 57.5 Å². The van der Waals surface area contributed by atoms with Gasteiger partial charge in [0.1, 0.15) is 6.54 Å².